The lowest BCUT2D eigenvalue weighted by molar-refractivity contribution is 0.0697. The van der Waals surface area contributed by atoms with Crippen LogP contribution in [0.3, 0.4) is 0 Å². The minimum Gasteiger partial charge on any atom is -0.478 e. The summed E-state index contributed by atoms with van der Waals surface area (Å²) in [7, 11) is 0. The standard InChI is InChI=1S/C16H16N4O2.ClH/c1-9(2)20-15-12-5-10(11-6-18-19-7-11)3-4-14(12)17-8-13(15)16(21)22;/h3-9H,1-2H3,(H,17,20)(H,18,19)(H,21,22);1H. The molecule has 0 aliphatic heterocycles. The van der Waals surface area contributed by atoms with Crippen molar-refractivity contribution < 1.29 is 9.90 Å². The number of carboxylic acids is 1. The molecule has 0 bridgehead atoms. The molecular weight excluding hydrogens is 316 g/mol. The highest BCUT2D eigenvalue weighted by Crippen LogP contribution is 2.30. The second-order valence-corrected chi connectivity index (χ2v) is 5.37. The van der Waals surface area contributed by atoms with E-state index < -0.39 is 5.97 Å². The van der Waals surface area contributed by atoms with E-state index in [1.165, 1.54) is 6.20 Å². The maximum absolute atomic E-state index is 11.5. The number of pyridine rings is 1. The zero-order valence-corrected chi connectivity index (χ0v) is 13.5. The molecule has 0 aliphatic rings. The molecule has 0 amide bonds. The number of benzene rings is 1. The van der Waals surface area contributed by atoms with Crippen LogP contribution in [0.25, 0.3) is 22.0 Å². The van der Waals surface area contributed by atoms with E-state index in [9.17, 15) is 9.90 Å². The smallest absolute Gasteiger partial charge is 0.339 e. The Balaban J connectivity index is 0.00000192. The Hall–Kier alpha value is -2.60. The van der Waals surface area contributed by atoms with Gasteiger partial charge in [0.25, 0.3) is 0 Å². The number of halogens is 1. The van der Waals surface area contributed by atoms with Gasteiger partial charge in [0.15, 0.2) is 0 Å². The topological polar surface area (TPSA) is 90.9 Å². The molecular formula is C16H17ClN4O2. The average Bonchev–Trinajstić information content (AvgIpc) is 3.00. The molecule has 3 aromatic rings. The third-order valence-electron chi connectivity index (χ3n) is 3.36. The number of nitrogens with one attached hydrogen (secondary N) is 2. The van der Waals surface area contributed by atoms with E-state index in [1.54, 1.807) is 12.4 Å². The molecule has 0 spiro atoms. The van der Waals surface area contributed by atoms with E-state index in [1.807, 2.05) is 32.0 Å². The monoisotopic (exact) mass is 332 g/mol. The number of carboxylic acid groups (broad SMARTS) is 1. The fourth-order valence-electron chi connectivity index (χ4n) is 2.39. The lowest BCUT2D eigenvalue weighted by Crippen LogP contribution is -2.14. The van der Waals surface area contributed by atoms with Crippen molar-refractivity contribution in [3.05, 3.63) is 42.4 Å². The number of aromatic nitrogens is 3. The van der Waals surface area contributed by atoms with Crippen molar-refractivity contribution in [2.45, 2.75) is 19.9 Å². The molecule has 0 saturated carbocycles. The van der Waals surface area contributed by atoms with Crippen molar-refractivity contribution in [2.75, 3.05) is 5.32 Å². The molecule has 0 saturated heterocycles. The van der Waals surface area contributed by atoms with Gasteiger partial charge < -0.3 is 10.4 Å². The lowest BCUT2D eigenvalue weighted by atomic mass is 10.0. The number of aromatic carboxylic acids is 1. The highest BCUT2D eigenvalue weighted by Gasteiger charge is 2.16. The molecule has 120 valence electrons. The van der Waals surface area contributed by atoms with Crippen LogP contribution in [0.2, 0.25) is 0 Å². The summed E-state index contributed by atoms with van der Waals surface area (Å²) in [5.74, 6) is -0.994. The number of hydrogen-bond donors (Lipinski definition) is 3. The fraction of sp³-hybridized carbons (Fsp3) is 0.188. The minimum atomic E-state index is -0.994. The summed E-state index contributed by atoms with van der Waals surface area (Å²) < 4.78 is 0. The van der Waals surface area contributed by atoms with Gasteiger partial charge in [-0.15, -0.1) is 12.4 Å². The van der Waals surface area contributed by atoms with Crippen LogP contribution < -0.4 is 5.32 Å². The van der Waals surface area contributed by atoms with Crippen molar-refractivity contribution in [1.29, 1.82) is 0 Å². The van der Waals surface area contributed by atoms with Crippen LogP contribution in [-0.2, 0) is 0 Å². The number of rotatable bonds is 4. The second kappa shape index (κ2) is 6.66. The lowest BCUT2D eigenvalue weighted by Gasteiger charge is -2.15. The van der Waals surface area contributed by atoms with Gasteiger partial charge in [-0.25, -0.2) is 4.79 Å². The molecule has 0 unspecified atom stereocenters. The van der Waals surface area contributed by atoms with E-state index in [0.29, 0.717) is 5.69 Å². The number of hydrogen-bond acceptors (Lipinski definition) is 4. The van der Waals surface area contributed by atoms with Crippen LogP contribution in [-0.4, -0.2) is 32.3 Å². The van der Waals surface area contributed by atoms with Crippen LogP contribution in [0.15, 0.2) is 36.8 Å². The zero-order valence-electron chi connectivity index (χ0n) is 12.7. The van der Waals surface area contributed by atoms with Gasteiger partial charge in [-0.2, -0.15) is 5.10 Å². The number of nitrogens with zero attached hydrogens (tertiary/aromatic N) is 2. The summed E-state index contributed by atoms with van der Waals surface area (Å²) in [4.78, 5) is 15.7. The predicted octanol–water partition coefficient (Wildman–Crippen LogP) is 3.57. The Morgan fingerprint density at radius 1 is 1.26 bits per heavy atom. The Labute approximate surface area is 139 Å². The SMILES string of the molecule is CC(C)Nc1c(C(=O)O)cnc2ccc(-c3cn[nH]c3)cc12.Cl. The quantitative estimate of drug-likeness (QED) is 0.679. The van der Waals surface area contributed by atoms with Gasteiger partial charge in [-0.1, -0.05) is 6.07 Å². The number of carbonyl (C=O) groups is 1. The van der Waals surface area contributed by atoms with Gasteiger partial charge in [-0.05, 0) is 31.5 Å². The van der Waals surface area contributed by atoms with Crippen LogP contribution >= 0.6 is 12.4 Å². The first kappa shape index (κ1) is 16.8. The number of anilines is 1. The molecule has 0 aliphatic carbocycles. The Kier molecular flexibility index (Phi) is 4.86. The Morgan fingerprint density at radius 2 is 2.04 bits per heavy atom. The average molecular weight is 333 g/mol. The zero-order chi connectivity index (χ0) is 15.7. The largest absolute Gasteiger partial charge is 0.478 e. The molecule has 0 fully saturated rings. The van der Waals surface area contributed by atoms with E-state index in [0.717, 1.165) is 22.0 Å². The first-order valence-corrected chi connectivity index (χ1v) is 6.98. The maximum atomic E-state index is 11.5. The van der Waals surface area contributed by atoms with Gasteiger partial charge >= 0.3 is 5.97 Å². The maximum Gasteiger partial charge on any atom is 0.339 e. The normalized spacial score (nSPS) is 10.6. The van der Waals surface area contributed by atoms with Gasteiger partial charge in [0, 0.05) is 29.4 Å². The first-order chi connectivity index (χ1) is 10.6. The summed E-state index contributed by atoms with van der Waals surface area (Å²) in [6, 6.07) is 5.88. The number of H-pyrrole nitrogens is 1. The van der Waals surface area contributed by atoms with Gasteiger partial charge in [0.1, 0.15) is 5.56 Å². The van der Waals surface area contributed by atoms with Gasteiger partial charge in [0.2, 0.25) is 0 Å². The fourth-order valence-corrected chi connectivity index (χ4v) is 2.39. The van der Waals surface area contributed by atoms with Crippen LogP contribution in [0.1, 0.15) is 24.2 Å². The number of aromatic amines is 1. The molecule has 2 aromatic heterocycles. The van der Waals surface area contributed by atoms with E-state index in [2.05, 4.69) is 20.5 Å². The molecule has 1 aromatic carbocycles. The van der Waals surface area contributed by atoms with E-state index >= 15 is 0 Å². The van der Waals surface area contributed by atoms with E-state index in [-0.39, 0.29) is 24.0 Å². The van der Waals surface area contributed by atoms with E-state index in [4.69, 9.17) is 0 Å². The molecule has 3 rings (SSSR count). The molecule has 7 heteroatoms. The third kappa shape index (κ3) is 3.27. The summed E-state index contributed by atoms with van der Waals surface area (Å²) in [5, 5.41) is 20.1. The Bertz CT molecular complexity index is 831. The molecule has 0 atom stereocenters. The molecule has 6 nitrogen and oxygen atoms in total. The molecule has 23 heavy (non-hydrogen) atoms. The van der Waals surface area contributed by atoms with Crippen LogP contribution in [0.4, 0.5) is 5.69 Å². The predicted molar refractivity (Wildman–Crippen MR) is 92.3 cm³/mol. The summed E-state index contributed by atoms with van der Waals surface area (Å²) >= 11 is 0. The highest BCUT2D eigenvalue weighted by atomic mass is 35.5. The van der Waals surface area contributed by atoms with Crippen molar-refractivity contribution in [1.82, 2.24) is 15.2 Å². The molecule has 3 N–H and O–H groups in total. The highest BCUT2D eigenvalue weighted by molar-refractivity contribution is 6.05. The summed E-state index contributed by atoms with van der Waals surface area (Å²) in [6.07, 6.45) is 4.92. The first-order valence-electron chi connectivity index (χ1n) is 6.98. The Morgan fingerprint density at radius 3 is 2.65 bits per heavy atom. The number of fused-ring (bicyclic) bond motifs is 1. The van der Waals surface area contributed by atoms with Crippen LogP contribution in [0, 0.1) is 0 Å². The summed E-state index contributed by atoms with van der Waals surface area (Å²) in [6.45, 7) is 3.94. The second-order valence-electron chi connectivity index (χ2n) is 5.37. The van der Waals surface area contributed by atoms with Crippen molar-refractivity contribution in [3.8, 4) is 11.1 Å². The van der Waals surface area contributed by atoms with Crippen molar-refractivity contribution >= 4 is 35.0 Å². The van der Waals surface area contributed by atoms with Crippen molar-refractivity contribution in [3.63, 3.8) is 0 Å². The molecule has 0 radical (unpaired) electrons. The summed E-state index contributed by atoms with van der Waals surface area (Å²) in [5.41, 5.74) is 3.42. The third-order valence-corrected chi connectivity index (χ3v) is 3.36. The van der Waals surface area contributed by atoms with Gasteiger partial charge in [-0.3, -0.25) is 10.1 Å². The van der Waals surface area contributed by atoms with Gasteiger partial charge in [0.05, 0.1) is 17.4 Å². The minimum absolute atomic E-state index is 0. The molecule has 2 heterocycles. The van der Waals surface area contributed by atoms with Crippen molar-refractivity contribution in [2.24, 2.45) is 0 Å². The van der Waals surface area contributed by atoms with Crippen LogP contribution in [0.5, 0.6) is 0 Å².